The molecule has 15 heavy (non-hydrogen) atoms. The van der Waals surface area contributed by atoms with Crippen LogP contribution in [0.5, 0.6) is 0 Å². The van der Waals surface area contributed by atoms with E-state index in [4.69, 9.17) is 14.6 Å². The number of carboxylic acids is 1. The predicted molar refractivity (Wildman–Crippen MR) is 51.3 cm³/mol. The molecule has 0 saturated carbocycles. The van der Waals surface area contributed by atoms with E-state index in [1.807, 2.05) is 0 Å². The van der Waals surface area contributed by atoms with Crippen LogP contribution < -0.4 is 0 Å². The summed E-state index contributed by atoms with van der Waals surface area (Å²) in [6, 6.07) is 0. The van der Waals surface area contributed by atoms with Crippen molar-refractivity contribution in [2.45, 2.75) is 26.1 Å². The van der Waals surface area contributed by atoms with E-state index in [2.05, 4.69) is 0 Å². The topological polar surface area (TPSA) is 72.8 Å². The number of cyclic esters (lactones) is 2. The van der Waals surface area contributed by atoms with E-state index in [9.17, 15) is 9.59 Å². The highest BCUT2D eigenvalue weighted by molar-refractivity contribution is 5.86. The van der Waals surface area contributed by atoms with Crippen molar-refractivity contribution in [1.82, 2.24) is 0 Å². The first-order valence-corrected chi connectivity index (χ1v) is 4.46. The first-order valence-electron chi connectivity index (χ1n) is 4.46. The molecule has 1 rings (SSSR count). The molecule has 1 fully saturated rings. The first-order chi connectivity index (χ1) is 7.00. The van der Waals surface area contributed by atoms with Gasteiger partial charge < -0.3 is 14.6 Å². The maximum atomic E-state index is 10.7. The third-order valence-corrected chi connectivity index (χ3v) is 1.96. The number of aliphatic carboxylic acids is 1. The van der Waals surface area contributed by atoms with Gasteiger partial charge in [0.05, 0.1) is 0 Å². The molecule has 1 saturated heterocycles. The Bertz CT molecular complexity index is 329. The summed E-state index contributed by atoms with van der Waals surface area (Å²) in [6.45, 7) is 3.18. The van der Waals surface area contributed by atoms with Crippen molar-refractivity contribution in [2.24, 2.45) is 0 Å². The van der Waals surface area contributed by atoms with Crippen LogP contribution >= 0.6 is 0 Å². The van der Waals surface area contributed by atoms with E-state index in [-0.39, 0.29) is 11.7 Å². The highest BCUT2D eigenvalue weighted by atomic mass is 16.8. The van der Waals surface area contributed by atoms with Gasteiger partial charge in [-0.3, -0.25) is 0 Å². The number of ether oxygens (including phenoxy) is 2. The van der Waals surface area contributed by atoms with Crippen molar-refractivity contribution in [2.75, 3.05) is 0 Å². The molecule has 5 heteroatoms. The molecule has 0 aromatic carbocycles. The van der Waals surface area contributed by atoms with Gasteiger partial charge in [0, 0.05) is 5.57 Å². The van der Waals surface area contributed by atoms with Gasteiger partial charge in [-0.05, 0) is 19.9 Å². The van der Waals surface area contributed by atoms with Crippen molar-refractivity contribution < 1.29 is 24.2 Å². The van der Waals surface area contributed by atoms with Crippen LogP contribution in [0.25, 0.3) is 0 Å². The summed E-state index contributed by atoms with van der Waals surface area (Å²) in [5, 5.41) is 8.56. The van der Waals surface area contributed by atoms with Crippen LogP contribution in [-0.4, -0.2) is 29.4 Å². The van der Waals surface area contributed by atoms with Gasteiger partial charge in [-0.2, -0.15) is 0 Å². The van der Waals surface area contributed by atoms with Gasteiger partial charge in [0.2, 0.25) is 0 Å². The Labute approximate surface area is 87.0 Å². The summed E-state index contributed by atoms with van der Waals surface area (Å²) in [4.78, 5) is 21.1. The lowest BCUT2D eigenvalue weighted by molar-refractivity contribution is -0.132. The molecule has 1 aliphatic rings. The van der Waals surface area contributed by atoms with E-state index >= 15 is 0 Å². The first kappa shape index (κ1) is 11.3. The van der Waals surface area contributed by atoms with E-state index < -0.39 is 18.2 Å². The van der Waals surface area contributed by atoms with Crippen LogP contribution in [0.1, 0.15) is 13.8 Å². The average molecular weight is 212 g/mol. The summed E-state index contributed by atoms with van der Waals surface area (Å²) in [6.07, 6.45) is 3.06. The number of hydrogen-bond donors (Lipinski definition) is 1. The molecule has 0 aromatic rings. The molecule has 0 bridgehead atoms. The fourth-order valence-electron chi connectivity index (χ4n) is 1.03. The SMILES string of the molecule is CC(=CC=C[C@@H]1OC(=O)O[C@H]1C)C(=O)O. The Kier molecular flexibility index (Phi) is 3.49. The third-order valence-electron chi connectivity index (χ3n) is 1.96. The van der Waals surface area contributed by atoms with Crippen molar-refractivity contribution in [3.8, 4) is 0 Å². The van der Waals surface area contributed by atoms with E-state index in [0.29, 0.717) is 0 Å². The number of carbonyl (C=O) groups is 2. The van der Waals surface area contributed by atoms with Crippen LogP contribution in [0.2, 0.25) is 0 Å². The fraction of sp³-hybridized carbons (Fsp3) is 0.400. The maximum absolute atomic E-state index is 10.7. The molecular weight excluding hydrogens is 200 g/mol. The second-order valence-corrected chi connectivity index (χ2v) is 3.20. The highest BCUT2D eigenvalue weighted by Crippen LogP contribution is 2.15. The Morgan fingerprint density at radius 1 is 1.47 bits per heavy atom. The standard InChI is InChI=1S/C10H12O5/c1-6(9(11)12)4-3-5-8-7(2)14-10(13)15-8/h3-5,7-8H,1-2H3,(H,11,12)/t7-,8-/m0/s1. The molecule has 1 heterocycles. The van der Waals surface area contributed by atoms with Crippen LogP contribution in [-0.2, 0) is 14.3 Å². The van der Waals surface area contributed by atoms with Gasteiger partial charge in [-0.25, -0.2) is 9.59 Å². The average Bonchev–Trinajstić information content (AvgIpc) is 2.45. The molecule has 1 aliphatic heterocycles. The quantitative estimate of drug-likeness (QED) is 0.436. The Morgan fingerprint density at radius 3 is 2.60 bits per heavy atom. The largest absolute Gasteiger partial charge is 0.509 e. The molecule has 0 amide bonds. The normalized spacial score (nSPS) is 26.5. The van der Waals surface area contributed by atoms with Crippen molar-refractivity contribution in [3.63, 3.8) is 0 Å². The molecule has 0 spiro atoms. The van der Waals surface area contributed by atoms with E-state index in [1.165, 1.54) is 19.1 Å². The minimum absolute atomic E-state index is 0.212. The highest BCUT2D eigenvalue weighted by Gasteiger charge is 2.30. The summed E-state index contributed by atoms with van der Waals surface area (Å²) >= 11 is 0. The van der Waals surface area contributed by atoms with Crippen LogP contribution in [0.3, 0.4) is 0 Å². The van der Waals surface area contributed by atoms with Gasteiger partial charge in [-0.1, -0.05) is 12.2 Å². The number of carbonyl (C=O) groups excluding carboxylic acids is 1. The predicted octanol–water partition coefficient (Wildman–Crippen LogP) is 1.50. The second-order valence-electron chi connectivity index (χ2n) is 3.20. The Hall–Kier alpha value is -1.78. The summed E-state index contributed by atoms with van der Waals surface area (Å²) in [5.74, 6) is -0.979. The molecule has 1 N–H and O–H groups in total. The zero-order valence-electron chi connectivity index (χ0n) is 8.47. The molecule has 0 unspecified atom stereocenters. The Balaban J connectivity index is 2.55. The van der Waals surface area contributed by atoms with Crippen LogP contribution in [0, 0.1) is 0 Å². The van der Waals surface area contributed by atoms with Gasteiger partial charge in [0.15, 0.2) is 6.10 Å². The number of hydrogen-bond acceptors (Lipinski definition) is 4. The van der Waals surface area contributed by atoms with E-state index in [1.54, 1.807) is 13.0 Å². The summed E-state index contributed by atoms with van der Waals surface area (Å²) < 4.78 is 9.52. The molecule has 82 valence electrons. The third kappa shape index (κ3) is 3.12. The molecular formula is C10H12O5. The lowest BCUT2D eigenvalue weighted by Crippen LogP contribution is -2.15. The second kappa shape index (κ2) is 4.63. The monoisotopic (exact) mass is 212 g/mol. The number of carboxylic acid groups (broad SMARTS) is 1. The molecule has 0 aliphatic carbocycles. The smallest absolute Gasteiger partial charge is 0.478 e. The van der Waals surface area contributed by atoms with Gasteiger partial charge in [0.25, 0.3) is 0 Å². The van der Waals surface area contributed by atoms with Crippen molar-refractivity contribution in [3.05, 3.63) is 23.8 Å². The van der Waals surface area contributed by atoms with Gasteiger partial charge >= 0.3 is 12.1 Å². The fourth-order valence-corrected chi connectivity index (χ4v) is 1.03. The lowest BCUT2D eigenvalue weighted by atomic mass is 10.2. The molecule has 5 nitrogen and oxygen atoms in total. The van der Waals surface area contributed by atoms with Crippen molar-refractivity contribution in [1.29, 1.82) is 0 Å². The molecule has 2 atom stereocenters. The molecule has 0 aromatic heterocycles. The minimum Gasteiger partial charge on any atom is -0.478 e. The minimum atomic E-state index is -0.979. The number of rotatable bonds is 3. The van der Waals surface area contributed by atoms with Crippen molar-refractivity contribution >= 4 is 12.1 Å². The Morgan fingerprint density at radius 2 is 2.13 bits per heavy atom. The zero-order valence-corrected chi connectivity index (χ0v) is 8.47. The van der Waals surface area contributed by atoms with Crippen LogP contribution in [0.4, 0.5) is 4.79 Å². The van der Waals surface area contributed by atoms with Crippen LogP contribution in [0.15, 0.2) is 23.8 Å². The molecule has 0 radical (unpaired) electrons. The lowest BCUT2D eigenvalue weighted by Gasteiger charge is -2.03. The summed E-state index contributed by atoms with van der Waals surface area (Å²) in [5.41, 5.74) is 0.212. The number of allylic oxidation sites excluding steroid dienone is 2. The summed E-state index contributed by atoms with van der Waals surface area (Å²) in [7, 11) is 0. The van der Waals surface area contributed by atoms with E-state index in [0.717, 1.165) is 0 Å². The van der Waals surface area contributed by atoms with Gasteiger partial charge in [-0.15, -0.1) is 0 Å². The van der Waals surface area contributed by atoms with Gasteiger partial charge in [0.1, 0.15) is 6.10 Å². The zero-order chi connectivity index (χ0) is 11.4. The maximum Gasteiger partial charge on any atom is 0.509 e.